The molecule has 1 atom stereocenters. The number of aromatic carboxylic acids is 1. The van der Waals surface area contributed by atoms with Crippen molar-refractivity contribution in [2.24, 2.45) is 5.92 Å². The molecule has 4 aromatic carbocycles. The Bertz CT molecular complexity index is 1560. The highest BCUT2D eigenvalue weighted by atomic mass is 19.4. The van der Waals surface area contributed by atoms with Crippen LogP contribution in [0.4, 0.5) is 13.2 Å². The van der Waals surface area contributed by atoms with E-state index in [1.54, 1.807) is 24.3 Å². The minimum Gasteiger partial charge on any atom is -0.488 e. The van der Waals surface area contributed by atoms with E-state index in [0.29, 0.717) is 30.8 Å². The number of allylic oxidation sites excluding steroid dienone is 1. The van der Waals surface area contributed by atoms with Crippen molar-refractivity contribution in [1.29, 1.82) is 0 Å². The lowest BCUT2D eigenvalue weighted by Gasteiger charge is -2.14. The summed E-state index contributed by atoms with van der Waals surface area (Å²) in [4.78, 5) is 22.2. The van der Waals surface area contributed by atoms with Gasteiger partial charge in [-0.25, -0.2) is 4.79 Å². The number of para-hydroxylation sites is 1. The first-order valence-electron chi connectivity index (χ1n) is 14.3. The van der Waals surface area contributed by atoms with Gasteiger partial charge in [0.15, 0.2) is 0 Å². The summed E-state index contributed by atoms with van der Waals surface area (Å²) < 4.78 is 44.8. The zero-order chi connectivity index (χ0) is 31.5. The second-order valence-corrected chi connectivity index (χ2v) is 10.6. The van der Waals surface area contributed by atoms with Crippen LogP contribution in [-0.2, 0) is 24.0 Å². The van der Waals surface area contributed by atoms with Crippen LogP contribution in [0.2, 0.25) is 0 Å². The first-order valence-corrected chi connectivity index (χ1v) is 14.3. The third-order valence-electron chi connectivity index (χ3n) is 7.28. The molecule has 8 heteroatoms. The number of unbranched alkanes of at least 4 members (excludes halogenated alkanes) is 1. The summed E-state index contributed by atoms with van der Waals surface area (Å²) in [7, 11) is 0. The Hall–Kier alpha value is -4.85. The molecule has 0 saturated carbocycles. The lowest BCUT2D eigenvalue weighted by molar-refractivity contribution is -0.138. The summed E-state index contributed by atoms with van der Waals surface area (Å²) >= 11 is 0. The van der Waals surface area contributed by atoms with Gasteiger partial charge in [0.25, 0.3) is 0 Å². The van der Waals surface area contributed by atoms with Gasteiger partial charge >= 0.3 is 18.1 Å². The molecular formula is C36H33F3O5. The number of ether oxygens (including phenoxy) is 1. The van der Waals surface area contributed by atoms with E-state index in [2.05, 4.69) is 6.08 Å². The molecule has 44 heavy (non-hydrogen) atoms. The fourth-order valence-corrected chi connectivity index (χ4v) is 4.83. The molecule has 228 valence electrons. The number of carboxylic acids is 2. The van der Waals surface area contributed by atoms with E-state index in [1.165, 1.54) is 12.1 Å². The molecule has 5 nitrogen and oxygen atoms in total. The zero-order valence-electron chi connectivity index (χ0n) is 24.0. The predicted molar refractivity (Wildman–Crippen MR) is 163 cm³/mol. The van der Waals surface area contributed by atoms with Gasteiger partial charge in [0, 0.05) is 12.0 Å². The average molecular weight is 603 g/mol. The van der Waals surface area contributed by atoms with E-state index in [1.807, 2.05) is 54.6 Å². The number of halogens is 3. The Labute approximate surface area is 254 Å². The van der Waals surface area contributed by atoms with Crippen LogP contribution in [-0.4, -0.2) is 22.2 Å². The molecular weight excluding hydrogens is 569 g/mol. The maximum absolute atomic E-state index is 12.9. The van der Waals surface area contributed by atoms with Crippen molar-refractivity contribution >= 4 is 18.0 Å². The Morgan fingerprint density at radius 2 is 1.39 bits per heavy atom. The number of alkyl halides is 3. The molecule has 0 aliphatic heterocycles. The van der Waals surface area contributed by atoms with Gasteiger partial charge in [0.05, 0.1) is 11.1 Å². The number of hydrogen-bond acceptors (Lipinski definition) is 3. The molecule has 0 fully saturated rings. The minimum atomic E-state index is -4.37. The molecule has 0 radical (unpaired) electrons. The third-order valence-corrected chi connectivity index (χ3v) is 7.28. The summed E-state index contributed by atoms with van der Waals surface area (Å²) in [5.74, 6) is -1.01. The fourth-order valence-electron chi connectivity index (χ4n) is 4.83. The van der Waals surface area contributed by atoms with Crippen molar-refractivity contribution in [2.45, 2.75) is 44.9 Å². The van der Waals surface area contributed by atoms with E-state index in [9.17, 15) is 27.9 Å². The second kappa shape index (κ2) is 15.0. The van der Waals surface area contributed by atoms with Gasteiger partial charge in [-0.15, -0.1) is 0 Å². The predicted octanol–water partition coefficient (Wildman–Crippen LogP) is 9.17. The van der Waals surface area contributed by atoms with Crippen molar-refractivity contribution in [3.63, 3.8) is 0 Å². The topological polar surface area (TPSA) is 83.8 Å². The largest absolute Gasteiger partial charge is 0.488 e. The molecule has 4 rings (SSSR count). The van der Waals surface area contributed by atoms with Crippen LogP contribution in [0, 0.1) is 5.92 Å². The van der Waals surface area contributed by atoms with Crippen molar-refractivity contribution in [3.8, 4) is 16.9 Å². The second-order valence-electron chi connectivity index (χ2n) is 10.6. The third kappa shape index (κ3) is 9.59. The van der Waals surface area contributed by atoms with E-state index in [0.717, 1.165) is 47.2 Å². The van der Waals surface area contributed by atoms with E-state index >= 15 is 0 Å². The summed E-state index contributed by atoms with van der Waals surface area (Å²) in [5, 5.41) is 18.2. The summed E-state index contributed by atoms with van der Waals surface area (Å²) in [6.45, 7) is 0.298. The Morgan fingerprint density at radius 1 is 0.773 bits per heavy atom. The molecule has 0 spiro atoms. The van der Waals surface area contributed by atoms with Crippen LogP contribution in [0.15, 0.2) is 103 Å². The number of carboxylic acid groups (broad SMARTS) is 2. The van der Waals surface area contributed by atoms with Gasteiger partial charge in [-0.05, 0) is 77.8 Å². The van der Waals surface area contributed by atoms with Crippen molar-refractivity contribution in [3.05, 3.63) is 131 Å². The van der Waals surface area contributed by atoms with Gasteiger partial charge in [-0.3, -0.25) is 4.79 Å². The highest BCUT2D eigenvalue weighted by molar-refractivity contribution is 5.87. The maximum atomic E-state index is 12.9. The van der Waals surface area contributed by atoms with Crippen LogP contribution >= 0.6 is 0 Å². The van der Waals surface area contributed by atoms with Gasteiger partial charge < -0.3 is 14.9 Å². The van der Waals surface area contributed by atoms with Crippen LogP contribution < -0.4 is 4.74 Å². The molecule has 0 aliphatic rings. The Balaban J connectivity index is 1.42. The molecule has 0 amide bonds. The van der Waals surface area contributed by atoms with Crippen LogP contribution in [0.3, 0.4) is 0 Å². The molecule has 0 aromatic heterocycles. The van der Waals surface area contributed by atoms with Crippen LogP contribution in [0.5, 0.6) is 5.75 Å². The van der Waals surface area contributed by atoms with Crippen molar-refractivity contribution < 1.29 is 37.7 Å². The lowest BCUT2D eigenvalue weighted by Crippen LogP contribution is -2.04. The normalized spacial score (nSPS) is 12.2. The first-order chi connectivity index (χ1) is 21.1. The van der Waals surface area contributed by atoms with Gasteiger partial charge in [-0.1, -0.05) is 85.3 Å². The van der Waals surface area contributed by atoms with Crippen molar-refractivity contribution in [2.75, 3.05) is 0 Å². The van der Waals surface area contributed by atoms with E-state index < -0.39 is 23.7 Å². The summed E-state index contributed by atoms with van der Waals surface area (Å²) in [5.41, 5.74) is 3.81. The van der Waals surface area contributed by atoms with E-state index in [4.69, 9.17) is 9.84 Å². The molecule has 0 heterocycles. The quantitative estimate of drug-likeness (QED) is 0.141. The SMILES string of the molecule is O=C(O)CCCCC(C=Cc1ccccc1OCc1ccc(-c2ccc(C(F)(F)F)cc2)cc1)Cc1ccc(C(=O)O)cc1. The first kappa shape index (κ1) is 32.1. The van der Waals surface area contributed by atoms with Crippen molar-refractivity contribution in [1.82, 2.24) is 0 Å². The number of benzene rings is 4. The number of carbonyl (C=O) groups is 2. The minimum absolute atomic E-state index is 0.102. The molecule has 1 unspecified atom stereocenters. The number of rotatable bonds is 14. The Kier molecular flexibility index (Phi) is 11.0. The van der Waals surface area contributed by atoms with Gasteiger partial charge in [0.1, 0.15) is 12.4 Å². The highest BCUT2D eigenvalue weighted by Crippen LogP contribution is 2.31. The average Bonchev–Trinajstić information content (AvgIpc) is 3.01. The van der Waals surface area contributed by atoms with Crippen LogP contribution in [0.25, 0.3) is 17.2 Å². The molecule has 2 N–H and O–H groups in total. The maximum Gasteiger partial charge on any atom is 0.416 e. The Morgan fingerprint density at radius 3 is 2.00 bits per heavy atom. The van der Waals surface area contributed by atoms with Gasteiger partial charge in [0.2, 0.25) is 0 Å². The number of hydrogen-bond donors (Lipinski definition) is 2. The zero-order valence-corrected chi connectivity index (χ0v) is 24.0. The monoisotopic (exact) mass is 602 g/mol. The molecule has 0 saturated heterocycles. The number of aliphatic carboxylic acids is 1. The molecule has 4 aromatic rings. The summed E-state index contributed by atoms with van der Waals surface area (Å²) in [6, 6.07) is 26.9. The van der Waals surface area contributed by atoms with Crippen LogP contribution in [0.1, 0.15) is 58.3 Å². The lowest BCUT2D eigenvalue weighted by atomic mass is 9.92. The molecule has 0 bridgehead atoms. The van der Waals surface area contributed by atoms with E-state index in [-0.39, 0.29) is 17.9 Å². The van der Waals surface area contributed by atoms with Gasteiger partial charge in [-0.2, -0.15) is 13.2 Å². The standard InChI is InChI=1S/C36H33F3O5/c37-36(38,39)32-21-19-29(20-22-32)28-14-12-27(13-15-28)24-44-33-7-3-2-6-30(33)16-9-25(5-1-4-8-34(40)41)23-26-10-17-31(18-11-26)35(42)43/h2-3,6-7,9-22,25H,1,4-5,8,23-24H2,(H,40,41)(H,42,43). The smallest absolute Gasteiger partial charge is 0.416 e. The highest BCUT2D eigenvalue weighted by Gasteiger charge is 2.29. The molecule has 0 aliphatic carbocycles. The summed E-state index contributed by atoms with van der Waals surface area (Å²) in [6.07, 6.45) is 2.61. The fraction of sp³-hybridized carbons (Fsp3) is 0.222.